The molecule has 0 heterocycles. The number of nitriles is 2. The summed E-state index contributed by atoms with van der Waals surface area (Å²) in [5.41, 5.74) is 1.01. The van der Waals surface area contributed by atoms with Gasteiger partial charge in [-0.15, -0.1) is 0 Å². The van der Waals surface area contributed by atoms with Crippen LogP contribution in [0.2, 0.25) is 0 Å². The molecule has 0 amide bonds. The summed E-state index contributed by atoms with van der Waals surface area (Å²) in [5.74, 6) is 1.12. The number of allylic oxidation sites excluding steroid dienone is 6. The van der Waals surface area contributed by atoms with Gasteiger partial charge >= 0.3 is 0 Å². The highest BCUT2D eigenvalue weighted by Crippen LogP contribution is 2.50. The minimum absolute atomic E-state index is 0.0810. The summed E-state index contributed by atoms with van der Waals surface area (Å²) in [7, 11) is 0. The van der Waals surface area contributed by atoms with Crippen LogP contribution in [0.5, 0.6) is 0 Å². The zero-order chi connectivity index (χ0) is 14.3. The average molecular weight is 329 g/mol. The van der Waals surface area contributed by atoms with E-state index < -0.39 is 0 Å². The molecule has 0 aromatic heterocycles. The molecule has 3 nitrogen and oxygen atoms in total. The molecule has 0 spiro atoms. The predicted octanol–water partition coefficient (Wildman–Crippen LogP) is 3.06. The standard InChI is InChI=1S/C16H13BrN2O/c17-16-14(20)6-5-13-12-4-2-9(15(13)16)1-3-11(12)10(7-18)8-19/h1-4,9,12-13,15-16H,5-6H2/t9-,12-,13-,15+,16+/m0/s1. The van der Waals surface area contributed by atoms with Crippen molar-refractivity contribution in [1.29, 1.82) is 10.5 Å². The largest absolute Gasteiger partial charge is 0.298 e. The van der Waals surface area contributed by atoms with Gasteiger partial charge in [-0.05, 0) is 29.7 Å². The highest BCUT2D eigenvalue weighted by Gasteiger charge is 2.47. The number of carbonyl (C=O) groups is 1. The van der Waals surface area contributed by atoms with Gasteiger partial charge < -0.3 is 0 Å². The number of carbonyl (C=O) groups excluding carboxylic acids is 1. The number of alkyl halides is 1. The number of hydrogen-bond donors (Lipinski definition) is 0. The lowest BCUT2D eigenvalue weighted by atomic mass is 9.63. The normalized spacial score (nSPS) is 37.9. The van der Waals surface area contributed by atoms with Crippen molar-refractivity contribution in [2.75, 3.05) is 0 Å². The predicted molar refractivity (Wildman–Crippen MR) is 77.4 cm³/mol. The number of rotatable bonds is 0. The molecule has 5 atom stereocenters. The maximum Gasteiger partial charge on any atom is 0.146 e. The minimum atomic E-state index is -0.115. The molecule has 4 heteroatoms. The summed E-state index contributed by atoms with van der Waals surface area (Å²) in [5, 5.41) is 18.3. The van der Waals surface area contributed by atoms with Crippen LogP contribution in [0.1, 0.15) is 12.8 Å². The van der Waals surface area contributed by atoms with Crippen LogP contribution >= 0.6 is 15.9 Å². The monoisotopic (exact) mass is 328 g/mol. The van der Waals surface area contributed by atoms with Gasteiger partial charge in [0.25, 0.3) is 0 Å². The molecule has 4 aliphatic carbocycles. The Labute approximate surface area is 126 Å². The van der Waals surface area contributed by atoms with Crippen LogP contribution in [0, 0.1) is 46.3 Å². The van der Waals surface area contributed by atoms with Crippen LogP contribution < -0.4 is 0 Å². The topological polar surface area (TPSA) is 64.7 Å². The first-order valence-electron chi connectivity index (χ1n) is 6.75. The van der Waals surface area contributed by atoms with Gasteiger partial charge in [-0.2, -0.15) is 10.5 Å². The van der Waals surface area contributed by atoms with Gasteiger partial charge in [-0.25, -0.2) is 0 Å². The third kappa shape index (κ3) is 1.87. The Morgan fingerprint density at radius 2 is 2.00 bits per heavy atom. The van der Waals surface area contributed by atoms with Crippen molar-refractivity contribution in [3.05, 3.63) is 35.5 Å². The first-order valence-corrected chi connectivity index (χ1v) is 7.66. The van der Waals surface area contributed by atoms with Crippen LogP contribution in [0.25, 0.3) is 0 Å². The van der Waals surface area contributed by atoms with Gasteiger partial charge in [0.1, 0.15) is 23.5 Å². The summed E-state index contributed by atoms with van der Waals surface area (Å²) in [6, 6.07) is 4.00. The second-order valence-corrected chi connectivity index (χ2v) is 6.54. The van der Waals surface area contributed by atoms with Gasteiger partial charge in [0.2, 0.25) is 0 Å². The van der Waals surface area contributed by atoms with Crippen LogP contribution in [-0.4, -0.2) is 10.6 Å². The maximum atomic E-state index is 12.0. The molecule has 4 rings (SSSR count). The smallest absolute Gasteiger partial charge is 0.146 e. The molecule has 4 aliphatic rings. The Balaban J connectivity index is 2.10. The molecule has 100 valence electrons. The van der Waals surface area contributed by atoms with E-state index in [2.05, 4.69) is 28.1 Å². The van der Waals surface area contributed by atoms with Gasteiger partial charge in [0.05, 0.1) is 4.83 Å². The SMILES string of the molecule is N#CC(C#N)=C1C=C[C@H]2C=C[C@@H]1[C@@H]1CCC(=O)[C@@H](Br)[C@H]21. The van der Waals surface area contributed by atoms with Crippen LogP contribution in [0.4, 0.5) is 0 Å². The fourth-order valence-corrected chi connectivity index (χ4v) is 4.72. The Kier molecular flexibility index (Phi) is 3.36. The van der Waals surface area contributed by atoms with Crippen molar-refractivity contribution in [3.63, 3.8) is 0 Å². The highest BCUT2D eigenvalue weighted by atomic mass is 79.9. The van der Waals surface area contributed by atoms with E-state index in [1.54, 1.807) is 0 Å². The second kappa shape index (κ2) is 5.04. The minimum Gasteiger partial charge on any atom is -0.298 e. The van der Waals surface area contributed by atoms with Crippen molar-refractivity contribution in [2.24, 2.45) is 23.7 Å². The van der Waals surface area contributed by atoms with Crippen molar-refractivity contribution in [1.82, 2.24) is 0 Å². The first kappa shape index (κ1) is 13.3. The molecule has 0 unspecified atom stereocenters. The summed E-state index contributed by atoms with van der Waals surface area (Å²) in [6.07, 6.45) is 9.61. The molecule has 0 N–H and O–H groups in total. The number of halogens is 1. The zero-order valence-corrected chi connectivity index (χ0v) is 12.4. The number of Topliss-reactive ketones (excluding diaryl/α,β-unsaturated/α-hetero) is 1. The summed E-state index contributed by atoms with van der Waals surface area (Å²) in [6.45, 7) is 0. The number of fused-ring (bicyclic) bond motifs is 1. The van der Waals surface area contributed by atoms with Crippen molar-refractivity contribution >= 4 is 21.7 Å². The Hall–Kier alpha value is -1.65. The van der Waals surface area contributed by atoms with E-state index in [4.69, 9.17) is 10.5 Å². The number of nitrogens with zero attached hydrogens (tertiary/aromatic N) is 2. The second-order valence-electron chi connectivity index (χ2n) is 5.55. The lowest BCUT2D eigenvalue weighted by molar-refractivity contribution is -0.122. The quantitative estimate of drug-likeness (QED) is 0.390. The molecule has 1 saturated carbocycles. The van der Waals surface area contributed by atoms with Crippen molar-refractivity contribution in [3.8, 4) is 12.1 Å². The molecule has 20 heavy (non-hydrogen) atoms. The molecular formula is C16H13BrN2O. The van der Waals surface area contributed by atoms with E-state index in [0.717, 1.165) is 12.0 Å². The van der Waals surface area contributed by atoms with E-state index >= 15 is 0 Å². The molecule has 0 aliphatic heterocycles. The Morgan fingerprint density at radius 1 is 1.25 bits per heavy atom. The van der Waals surface area contributed by atoms with Crippen molar-refractivity contribution in [2.45, 2.75) is 17.7 Å². The molecular weight excluding hydrogens is 316 g/mol. The average Bonchev–Trinajstić information content (AvgIpc) is 2.75. The fraction of sp³-hybridized carbons (Fsp3) is 0.438. The highest BCUT2D eigenvalue weighted by molar-refractivity contribution is 9.10. The van der Waals surface area contributed by atoms with E-state index in [-0.39, 0.29) is 33.9 Å². The lowest BCUT2D eigenvalue weighted by Gasteiger charge is -2.42. The maximum absolute atomic E-state index is 12.0. The third-order valence-corrected chi connectivity index (χ3v) is 5.80. The van der Waals surface area contributed by atoms with Gasteiger partial charge in [-0.1, -0.05) is 40.2 Å². The molecule has 0 aromatic rings. The lowest BCUT2D eigenvalue weighted by Crippen LogP contribution is -2.43. The van der Waals surface area contributed by atoms with Crippen LogP contribution in [0.15, 0.2) is 35.5 Å². The van der Waals surface area contributed by atoms with E-state index in [0.29, 0.717) is 12.3 Å². The molecule has 0 aromatic carbocycles. The summed E-state index contributed by atoms with van der Waals surface area (Å²) < 4.78 is 0. The van der Waals surface area contributed by atoms with Crippen molar-refractivity contribution < 1.29 is 4.79 Å². The summed E-state index contributed by atoms with van der Waals surface area (Å²) >= 11 is 3.56. The van der Waals surface area contributed by atoms with E-state index in [1.165, 1.54) is 0 Å². The van der Waals surface area contributed by atoms with Gasteiger partial charge in [0.15, 0.2) is 0 Å². The summed E-state index contributed by atoms with van der Waals surface area (Å²) in [4.78, 5) is 11.8. The zero-order valence-electron chi connectivity index (χ0n) is 10.8. The van der Waals surface area contributed by atoms with Gasteiger partial charge in [-0.3, -0.25) is 4.79 Å². The van der Waals surface area contributed by atoms with E-state index in [9.17, 15) is 4.79 Å². The molecule has 2 bridgehead atoms. The molecule has 0 radical (unpaired) electrons. The van der Waals surface area contributed by atoms with Crippen LogP contribution in [0.3, 0.4) is 0 Å². The van der Waals surface area contributed by atoms with E-state index in [1.807, 2.05) is 24.3 Å². The Bertz CT molecular complexity index is 616. The molecule has 1 fully saturated rings. The first-order chi connectivity index (χ1) is 9.67. The number of ketones is 1. The third-order valence-electron chi connectivity index (χ3n) is 4.68. The Morgan fingerprint density at radius 3 is 2.70 bits per heavy atom. The van der Waals surface area contributed by atoms with Gasteiger partial charge in [0, 0.05) is 12.3 Å². The fourth-order valence-electron chi connectivity index (χ4n) is 3.75. The number of hydrogen-bond acceptors (Lipinski definition) is 3. The van der Waals surface area contributed by atoms with Crippen LogP contribution in [-0.2, 0) is 4.79 Å². The molecule has 0 saturated heterocycles.